The molecule has 136 valence electrons. The van der Waals surface area contributed by atoms with E-state index in [4.69, 9.17) is 11.6 Å². The van der Waals surface area contributed by atoms with Gasteiger partial charge in [-0.1, -0.05) is 29.8 Å². The van der Waals surface area contributed by atoms with Gasteiger partial charge in [0, 0.05) is 19.6 Å². The molecule has 2 aromatic rings. The number of carbonyl (C=O) groups is 1. The summed E-state index contributed by atoms with van der Waals surface area (Å²) in [6, 6.07) is 11.9. The fraction of sp³-hybridized carbons (Fsp3) is 0.316. The standard InChI is InChI=1S/C19H19ClN2O3S/c20-17-9-8-15(13-16(17)19(23)21-10-4-11-21)26(24,25)22-12-3-6-14-5-1-2-7-18(14)22/h1-2,5,7-9,13H,3-4,6,10-12H2. The highest BCUT2D eigenvalue weighted by atomic mass is 35.5. The number of benzene rings is 2. The third kappa shape index (κ3) is 2.87. The highest BCUT2D eigenvalue weighted by Gasteiger charge is 2.31. The first-order chi connectivity index (χ1) is 12.5. The molecule has 0 unspecified atom stereocenters. The van der Waals surface area contributed by atoms with Crippen LogP contribution in [0.3, 0.4) is 0 Å². The van der Waals surface area contributed by atoms with Crippen molar-refractivity contribution in [2.45, 2.75) is 24.2 Å². The van der Waals surface area contributed by atoms with E-state index >= 15 is 0 Å². The van der Waals surface area contributed by atoms with Gasteiger partial charge in [-0.25, -0.2) is 8.42 Å². The zero-order valence-corrected chi connectivity index (χ0v) is 15.8. The van der Waals surface area contributed by atoms with Gasteiger partial charge in [-0.3, -0.25) is 9.10 Å². The number of rotatable bonds is 3. The van der Waals surface area contributed by atoms with Gasteiger partial charge in [-0.05, 0) is 49.1 Å². The van der Waals surface area contributed by atoms with Crippen LogP contribution in [0.2, 0.25) is 5.02 Å². The van der Waals surface area contributed by atoms with Crippen molar-refractivity contribution in [3.05, 3.63) is 58.6 Å². The molecule has 1 fully saturated rings. The zero-order valence-electron chi connectivity index (χ0n) is 14.2. The van der Waals surface area contributed by atoms with Crippen LogP contribution in [0.5, 0.6) is 0 Å². The maximum atomic E-state index is 13.2. The molecule has 0 aromatic heterocycles. The molecule has 2 aromatic carbocycles. The molecule has 0 spiro atoms. The van der Waals surface area contributed by atoms with E-state index in [-0.39, 0.29) is 21.4 Å². The predicted molar refractivity (Wildman–Crippen MR) is 101 cm³/mol. The average molecular weight is 391 g/mol. The van der Waals surface area contributed by atoms with Crippen molar-refractivity contribution < 1.29 is 13.2 Å². The molecule has 0 radical (unpaired) electrons. The van der Waals surface area contributed by atoms with Crippen molar-refractivity contribution in [2.24, 2.45) is 0 Å². The molecule has 5 nitrogen and oxygen atoms in total. The Kier molecular flexibility index (Phi) is 4.40. The summed E-state index contributed by atoms with van der Waals surface area (Å²) in [5, 5.41) is 0.278. The summed E-state index contributed by atoms with van der Waals surface area (Å²) < 4.78 is 27.9. The molecule has 1 amide bonds. The SMILES string of the molecule is O=C(c1cc(S(=O)(=O)N2CCCc3ccccc32)ccc1Cl)N1CCC1. The lowest BCUT2D eigenvalue weighted by atomic mass is 10.0. The molecule has 0 saturated carbocycles. The lowest BCUT2D eigenvalue weighted by Crippen LogP contribution is -2.42. The van der Waals surface area contributed by atoms with Gasteiger partial charge >= 0.3 is 0 Å². The number of hydrogen-bond acceptors (Lipinski definition) is 3. The molecule has 0 aliphatic carbocycles. The van der Waals surface area contributed by atoms with Gasteiger partial charge in [0.2, 0.25) is 0 Å². The van der Waals surface area contributed by atoms with Crippen LogP contribution in [0, 0.1) is 0 Å². The minimum absolute atomic E-state index is 0.0995. The molecule has 1 saturated heterocycles. The third-order valence-corrected chi connectivity index (χ3v) is 7.11. The van der Waals surface area contributed by atoms with Gasteiger partial charge < -0.3 is 4.90 Å². The summed E-state index contributed by atoms with van der Waals surface area (Å²) in [6.45, 7) is 1.80. The number of aryl methyl sites for hydroxylation is 1. The van der Waals surface area contributed by atoms with Gasteiger partial charge in [-0.15, -0.1) is 0 Å². The second kappa shape index (κ2) is 6.59. The highest BCUT2D eigenvalue weighted by molar-refractivity contribution is 7.92. The van der Waals surface area contributed by atoms with Crippen molar-refractivity contribution in [1.29, 1.82) is 0 Å². The topological polar surface area (TPSA) is 57.7 Å². The van der Waals surface area contributed by atoms with Crippen LogP contribution in [0.15, 0.2) is 47.4 Å². The van der Waals surface area contributed by atoms with Crippen LogP contribution in [0.4, 0.5) is 5.69 Å². The summed E-state index contributed by atoms with van der Waals surface area (Å²) in [5.74, 6) is -0.211. The van der Waals surface area contributed by atoms with Crippen molar-refractivity contribution in [3.8, 4) is 0 Å². The number of nitrogens with zero attached hydrogens (tertiary/aromatic N) is 2. The van der Waals surface area contributed by atoms with Crippen molar-refractivity contribution in [1.82, 2.24) is 4.90 Å². The molecule has 0 atom stereocenters. The van der Waals surface area contributed by atoms with Gasteiger partial charge in [0.15, 0.2) is 0 Å². The fourth-order valence-electron chi connectivity index (χ4n) is 3.39. The summed E-state index contributed by atoms with van der Waals surface area (Å²) >= 11 is 6.18. The van der Waals surface area contributed by atoms with Crippen molar-refractivity contribution >= 4 is 33.2 Å². The Morgan fingerprint density at radius 1 is 1.00 bits per heavy atom. The smallest absolute Gasteiger partial charge is 0.264 e. The maximum Gasteiger partial charge on any atom is 0.264 e. The van der Waals surface area contributed by atoms with Crippen LogP contribution in [0.1, 0.15) is 28.8 Å². The van der Waals surface area contributed by atoms with Crippen molar-refractivity contribution in [3.63, 3.8) is 0 Å². The predicted octanol–water partition coefficient (Wildman–Crippen LogP) is 3.33. The Hall–Kier alpha value is -2.05. The monoisotopic (exact) mass is 390 g/mol. The zero-order chi connectivity index (χ0) is 18.3. The Labute approximate surface area is 158 Å². The fourth-order valence-corrected chi connectivity index (χ4v) is 5.16. The van der Waals surface area contributed by atoms with E-state index in [1.807, 2.05) is 24.3 Å². The molecular weight excluding hydrogens is 372 g/mol. The number of amides is 1. The van der Waals surface area contributed by atoms with Crippen LogP contribution < -0.4 is 4.31 Å². The van der Waals surface area contributed by atoms with E-state index in [0.717, 1.165) is 24.8 Å². The molecule has 0 bridgehead atoms. The van der Waals surface area contributed by atoms with Gasteiger partial charge in [0.1, 0.15) is 0 Å². The van der Waals surface area contributed by atoms with E-state index in [9.17, 15) is 13.2 Å². The number of carbonyl (C=O) groups excluding carboxylic acids is 1. The maximum absolute atomic E-state index is 13.2. The van der Waals surface area contributed by atoms with Crippen LogP contribution in [-0.4, -0.2) is 38.9 Å². The van der Waals surface area contributed by atoms with Crippen molar-refractivity contribution in [2.75, 3.05) is 23.9 Å². The Morgan fingerprint density at radius 2 is 1.77 bits per heavy atom. The Morgan fingerprint density at radius 3 is 2.50 bits per heavy atom. The number of fused-ring (bicyclic) bond motifs is 1. The third-order valence-electron chi connectivity index (χ3n) is 4.97. The number of anilines is 1. The lowest BCUT2D eigenvalue weighted by Gasteiger charge is -2.32. The average Bonchev–Trinajstić information content (AvgIpc) is 2.59. The molecular formula is C19H19ClN2O3S. The summed E-state index contributed by atoms with van der Waals surface area (Å²) in [6.07, 6.45) is 2.59. The quantitative estimate of drug-likeness (QED) is 0.807. The first kappa shape index (κ1) is 17.4. The molecule has 26 heavy (non-hydrogen) atoms. The normalized spacial score (nSPS) is 16.8. The minimum atomic E-state index is -3.76. The number of para-hydroxylation sites is 1. The van der Waals surface area contributed by atoms with Gasteiger partial charge in [0.05, 0.1) is 21.2 Å². The van der Waals surface area contributed by atoms with Crippen LogP contribution in [-0.2, 0) is 16.4 Å². The van der Waals surface area contributed by atoms with Crippen LogP contribution in [0.25, 0.3) is 0 Å². The van der Waals surface area contributed by atoms with Crippen LogP contribution >= 0.6 is 11.6 Å². The van der Waals surface area contributed by atoms with Gasteiger partial charge in [0.25, 0.3) is 15.9 Å². The Balaban J connectivity index is 1.74. The lowest BCUT2D eigenvalue weighted by molar-refractivity contribution is 0.0652. The number of hydrogen-bond donors (Lipinski definition) is 0. The minimum Gasteiger partial charge on any atom is -0.338 e. The molecule has 2 aliphatic heterocycles. The molecule has 0 N–H and O–H groups in total. The van der Waals surface area contributed by atoms with E-state index in [1.54, 1.807) is 4.90 Å². The second-order valence-corrected chi connectivity index (χ2v) is 8.87. The first-order valence-corrected chi connectivity index (χ1v) is 10.5. The molecule has 7 heteroatoms. The van der Waals surface area contributed by atoms with E-state index in [0.29, 0.717) is 25.3 Å². The summed E-state index contributed by atoms with van der Waals surface area (Å²) in [5.41, 5.74) is 1.98. The van der Waals surface area contributed by atoms with Gasteiger partial charge in [-0.2, -0.15) is 0 Å². The molecule has 4 rings (SSSR count). The number of sulfonamides is 1. The first-order valence-electron chi connectivity index (χ1n) is 8.68. The Bertz CT molecular complexity index is 970. The van der Waals surface area contributed by atoms with E-state index in [1.165, 1.54) is 22.5 Å². The summed E-state index contributed by atoms with van der Waals surface area (Å²) in [7, 11) is -3.76. The largest absolute Gasteiger partial charge is 0.338 e. The summed E-state index contributed by atoms with van der Waals surface area (Å²) in [4.78, 5) is 14.3. The number of likely N-dealkylation sites (tertiary alicyclic amines) is 1. The van der Waals surface area contributed by atoms with E-state index < -0.39 is 10.0 Å². The number of halogens is 1. The highest BCUT2D eigenvalue weighted by Crippen LogP contribution is 2.33. The second-order valence-electron chi connectivity index (χ2n) is 6.60. The van der Waals surface area contributed by atoms with E-state index in [2.05, 4.69) is 0 Å². The molecule has 2 heterocycles. The molecule has 2 aliphatic rings.